The number of amides is 1. The van der Waals surface area contributed by atoms with E-state index in [1.165, 1.54) is 12.8 Å². The smallest absolute Gasteiger partial charge is 0.312 e. The van der Waals surface area contributed by atoms with E-state index < -0.39 is 11.9 Å². The fourth-order valence-corrected chi connectivity index (χ4v) is 3.43. The van der Waals surface area contributed by atoms with E-state index in [2.05, 4.69) is 0 Å². The lowest BCUT2D eigenvalue weighted by Gasteiger charge is -2.17. The molecule has 0 bridgehead atoms. The standard InChI is InChI=1S/C15H15NO3/c17-13(11-7-15(11)5-6-15)16-8-10(14(18)19)9-3-1-2-4-12(9)16/h1-4,10-11H,5-8H2,(H,18,19)/t10-,11+/m0/s1. The molecule has 0 aromatic heterocycles. The number of carboxylic acids is 1. The minimum Gasteiger partial charge on any atom is -0.481 e. The molecule has 1 aromatic carbocycles. The predicted molar refractivity (Wildman–Crippen MR) is 68.9 cm³/mol. The quantitative estimate of drug-likeness (QED) is 0.881. The Morgan fingerprint density at radius 3 is 2.63 bits per heavy atom. The van der Waals surface area contributed by atoms with Gasteiger partial charge >= 0.3 is 5.97 Å². The van der Waals surface area contributed by atoms with Crippen LogP contribution < -0.4 is 4.90 Å². The number of hydrogen-bond acceptors (Lipinski definition) is 2. The van der Waals surface area contributed by atoms with Gasteiger partial charge in [0.1, 0.15) is 5.92 Å². The monoisotopic (exact) mass is 257 g/mol. The Bertz CT molecular complexity index is 591. The van der Waals surface area contributed by atoms with Crippen LogP contribution >= 0.6 is 0 Å². The molecule has 1 aliphatic heterocycles. The molecule has 1 aromatic rings. The third-order valence-electron chi connectivity index (χ3n) is 4.91. The van der Waals surface area contributed by atoms with Crippen LogP contribution in [0.3, 0.4) is 0 Å². The van der Waals surface area contributed by atoms with Gasteiger partial charge in [-0.25, -0.2) is 0 Å². The SMILES string of the molecule is O=C(O)[C@H]1CN(C(=O)[C@H]2CC23CC3)c2ccccc21. The molecule has 1 spiro atoms. The van der Waals surface area contributed by atoms with Crippen molar-refractivity contribution in [2.24, 2.45) is 11.3 Å². The second kappa shape index (κ2) is 3.38. The van der Waals surface area contributed by atoms with Gasteiger partial charge in [-0.15, -0.1) is 0 Å². The summed E-state index contributed by atoms with van der Waals surface area (Å²) < 4.78 is 0. The van der Waals surface area contributed by atoms with Gasteiger partial charge in [0.25, 0.3) is 0 Å². The first kappa shape index (κ1) is 11.0. The summed E-state index contributed by atoms with van der Waals surface area (Å²) in [5.41, 5.74) is 1.88. The van der Waals surface area contributed by atoms with Crippen molar-refractivity contribution >= 4 is 17.6 Å². The summed E-state index contributed by atoms with van der Waals surface area (Å²) in [6.45, 7) is 0.292. The van der Waals surface area contributed by atoms with Crippen molar-refractivity contribution in [3.63, 3.8) is 0 Å². The Hall–Kier alpha value is -1.84. The van der Waals surface area contributed by atoms with E-state index in [1.54, 1.807) is 4.90 Å². The van der Waals surface area contributed by atoms with Crippen LogP contribution in [0.2, 0.25) is 0 Å². The zero-order valence-electron chi connectivity index (χ0n) is 10.5. The van der Waals surface area contributed by atoms with Gasteiger partial charge in [0.15, 0.2) is 0 Å². The number of benzene rings is 1. The van der Waals surface area contributed by atoms with Gasteiger partial charge in [-0.1, -0.05) is 18.2 Å². The first-order chi connectivity index (χ1) is 9.12. The second-order valence-corrected chi connectivity index (χ2v) is 6.02. The number of carbonyl (C=O) groups excluding carboxylic acids is 1. The molecule has 1 amide bonds. The molecule has 19 heavy (non-hydrogen) atoms. The molecule has 0 radical (unpaired) electrons. The van der Waals surface area contributed by atoms with E-state index in [0.717, 1.165) is 17.7 Å². The van der Waals surface area contributed by atoms with E-state index in [0.29, 0.717) is 12.0 Å². The van der Waals surface area contributed by atoms with Crippen LogP contribution in [-0.2, 0) is 9.59 Å². The highest BCUT2D eigenvalue weighted by atomic mass is 16.4. The zero-order valence-corrected chi connectivity index (χ0v) is 10.5. The molecule has 98 valence electrons. The average Bonchev–Trinajstić information content (AvgIpc) is 3.29. The topological polar surface area (TPSA) is 57.6 Å². The van der Waals surface area contributed by atoms with Crippen molar-refractivity contribution in [2.45, 2.75) is 25.2 Å². The molecule has 2 saturated carbocycles. The Morgan fingerprint density at radius 2 is 2.00 bits per heavy atom. The number of fused-ring (bicyclic) bond motifs is 1. The fraction of sp³-hybridized carbons (Fsp3) is 0.467. The number of para-hydroxylation sites is 1. The highest BCUT2D eigenvalue weighted by Gasteiger charge is 2.66. The third kappa shape index (κ3) is 1.46. The number of anilines is 1. The van der Waals surface area contributed by atoms with Crippen LogP contribution in [0, 0.1) is 11.3 Å². The second-order valence-electron chi connectivity index (χ2n) is 6.02. The van der Waals surface area contributed by atoms with Gasteiger partial charge in [-0.2, -0.15) is 0 Å². The molecule has 1 N–H and O–H groups in total. The summed E-state index contributed by atoms with van der Waals surface area (Å²) in [5.74, 6) is -1.14. The molecule has 4 rings (SSSR count). The van der Waals surface area contributed by atoms with E-state index >= 15 is 0 Å². The number of hydrogen-bond donors (Lipinski definition) is 1. The molecule has 4 nitrogen and oxygen atoms in total. The maximum Gasteiger partial charge on any atom is 0.312 e. The Balaban J connectivity index is 1.67. The lowest BCUT2D eigenvalue weighted by atomic mass is 10.0. The minimum atomic E-state index is -0.848. The van der Waals surface area contributed by atoms with E-state index in [4.69, 9.17) is 0 Å². The van der Waals surface area contributed by atoms with Crippen LogP contribution in [0.1, 0.15) is 30.7 Å². The molecule has 2 atom stereocenters. The van der Waals surface area contributed by atoms with Crippen LogP contribution in [0.15, 0.2) is 24.3 Å². The molecule has 0 saturated heterocycles. The maximum absolute atomic E-state index is 12.5. The summed E-state index contributed by atoms with van der Waals surface area (Å²) >= 11 is 0. The van der Waals surface area contributed by atoms with Gasteiger partial charge in [-0.05, 0) is 36.3 Å². The summed E-state index contributed by atoms with van der Waals surface area (Å²) in [7, 11) is 0. The Labute approximate surface area is 111 Å². The third-order valence-corrected chi connectivity index (χ3v) is 4.91. The molecule has 3 aliphatic rings. The van der Waals surface area contributed by atoms with Gasteiger partial charge < -0.3 is 10.0 Å². The van der Waals surface area contributed by atoms with Gasteiger partial charge in [0.2, 0.25) is 5.91 Å². The molecule has 4 heteroatoms. The molecular formula is C15H15NO3. The largest absolute Gasteiger partial charge is 0.481 e. The number of nitrogens with zero attached hydrogens (tertiary/aromatic N) is 1. The van der Waals surface area contributed by atoms with Crippen LogP contribution in [0.5, 0.6) is 0 Å². The highest BCUT2D eigenvalue weighted by Crippen LogP contribution is 2.71. The summed E-state index contributed by atoms with van der Waals surface area (Å²) in [6, 6.07) is 7.38. The first-order valence-electron chi connectivity index (χ1n) is 6.75. The molecule has 0 unspecified atom stereocenters. The van der Waals surface area contributed by atoms with E-state index in [9.17, 15) is 14.7 Å². The number of carboxylic acid groups (broad SMARTS) is 1. The van der Waals surface area contributed by atoms with Gasteiger partial charge in [0, 0.05) is 18.2 Å². The normalized spacial score (nSPS) is 29.2. The minimum absolute atomic E-state index is 0.133. The Morgan fingerprint density at radius 1 is 1.26 bits per heavy atom. The zero-order chi connectivity index (χ0) is 13.2. The lowest BCUT2D eigenvalue weighted by molar-refractivity contribution is -0.138. The van der Waals surface area contributed by atoms with E-state index in [1.807, 2.05) is 24.3 Å². The molecular weight excluding hydrogens is 242 g/mol. The van der Waals surface area contributed by atoms with Crippen molar-refractivity contribution in [3.05, 3.63) is 29.8 Å². The first-order valence-corrected chi connectivity index (χ1v) is 6.75. The summed E-state index contributed by atoms with van der Waals surface area (Å²) in [5, 5.41) is 9.29. The highest BCUT2D eigenvalue weighted by molar-refractivity contribution is 6.02. The summed E-state index contributed by atoms with van der Waals surface area (Å²) in [4.78, 5) is 25.5. The average molecular weight is 257 g/mol. The maximum atomic E-state index is 12.5. The molecule has 2 fully saturated rings. The van der Waals surface area contributed by atoms with Gasteiger partial charge in [0.05, 0.1) is 0 Å². The van der Waals surface area contributed by atoms with Crippen LogP contribution in [-0.4, -0.2) is 23.5 Å². The van der Waals surface area contributed by atoms with Gasteiger partial charge in [-0.3, -0.25) is 9.59 Å². The van der Waals surface area contributed by atoms with Crippen molar-refractivity contribution in [1.82, 2.24) is 0 Å². The Kier molecular flexibility index (Phi) is 1.96. The van der Waals surface area contributed by atoms with Crippen molar-refractivity contribution < 1.29 is 14.7 Å². The van der Waals surface area contributed by atoms with E-state index in [-0.39, 0.29) is 11.8 Å². The van der Waals surface area contributed by atoms with Crippen LogP contribution in [0.25, 0.3) is 0 Å². The predicted octanol–water partition coefficient (Wildman–Crippen LogP) is 2.00. The number of aliphatic carboxylic acids is 1. The summed E-state index contributed by atoms with van der Waals surface area (Å²) in [6.07, 6.45) is 3.34. The lowest BCUT2D eigenvalue weighted by Crippen LogP contribution is -2.33. The van der Waals surface area contributed by atoms with Crippen molar-refractivity contribution in [1.29, 1.82) is 0 Å². The fourth-order valence-electron chi connectivity index (χ4n) is 3.43. The molecule has 1 heterocycles. The molecule has 2 aliphatic carbocycles. The van der Waals surface area contributed by atoms with Crippen LogP contribution in [0.4, 0.5) is 5.69 Å². The van der Waals surface area contributed by atoms with Crippen molar-refractivity contribution in [3.8, 4) is 0 Å². The number of rotatable bonds is 2. The number of carbonyl (C=O) groups is 2. The van der Waals surface area contributed by atoms with Crippen molar-refractivity contribution in [2.75, 3.05) is 11.4 Å².